The van der Waals surface area contributed by atoms with E-state index in [1.165, 1.54) is 7.11 Å². The van der Waals surface area contributed by atoms with Crippen LogP contribution in [0.4, 0.5) is 5.69 Å². The fraction of sp³-hybridized carbons (Fsp3) is 0.381. The quantitative estimate of drug-likeness (QED) is 0.702. The number of aliphatic hydroxyl groups excluding tert-OH is 1. The molecule has 2 aromatic carbocycles. The minimum Gasteiger partial charge on any atom is -0.506 e. The van der Waals surface area contributed by atoms with E-state index in [2.05, 4.69) is 14.5 Å². The second-order valence-corrected chi connectivity index (χ2v) is 6.76. The van der Waals surface area contributed by atoms with Crippen molar-refractivity contribution in [3.05, 3.63) is 54.1 Å². The highest BCUT2D eigenvalue weighted by Gasteiger charge is 2.21. The van der Waals surface area contributed by atoms with E-state index in [0.29, 0.717) is 23.6 Å². The Morgan fingerprint density at radius 3 is 2.39 bits per heavy atom. The second-order valence-electron chi connectivity index (χ2n) is 6.76. The zero-order valence-electron chi connectivity index (χ0n) is 16.0. The number of aromatic hydroxyl groups is 1. The lowest BCUT2D eigenvalue weighted by molar-refractivity contribution is 0.0599. The number of anilines is 1. The summed E-state index contributed by atoms with van der Waals surface area (Å²) in [6.07, 6.45) is -0.614. The van der Waals surface area contributed by atoms with Crippen molar-refractivity contribution in [2.24, 2.45) is 0 Å². The van der Waals surface area contributed by atoms with Crippen molar-refractivity contribution >= 4 is 11.7 Å². The Balaban J connectivity index is 1.41. The maximum Gasteiger partial charge on any atom is 0.337 e. The minimum absolute atomic E-state index is 0.178. The number of benzene rings is 2. The number of phenols is 1. The van der Waals surface area contributed by atoms with Gasteiger partial charge < -0.3 is 24.6 Å². The molecular formula is C21H26N2O5. The van der Waals surface area contributed by atoms with Crippen LogP contribution in [0.25, 0.3) is 0 Å². The van der Waals surface area contributed by atoms with Gasteiger partial charge in [-0.15, -0.1) is 0 Å². The third-order valence-corrected chi connectivity index (χ3v) is 4.78. The SMILES string of the molecule is COC(=O)c1ccc(OCC(O)CN2CCN(c3ccccc3O)CC2)cc1. The van der Waals surface area contributed by atoms with Crippen molar-refractivity contribution in [3.63, 3.8) is 0 Å². The lowest BCUT2D eigenvalue weighted by atomic mass is 10.2. The molecule has 0 amide bonds. The minimum atomic E-state index is -0.614. The summed E-state index contributed by atoms with van der Waals surface area (Å²) in [6, 6.07) is 14.0. The van der Waals surface area contributed by atoms with E-state index in [9.17, 15) is 15.0 Å². The smallest absolute Gasteiger partial charge is 0.337 e. The summed E-state index contributed by atoms with van der Waals surface area (Å²) in [5.74, 6) is 0.494. The van der Waals surface area contributed by atoms with Gasteiger partial charge in [0, 0.05) is 32.7 Å². The fourth-order valence-electron chi connectivity index (χ4n) is 3.25. The molecule has 2 aromatic rings. The van der Waals surface area contributed by atoms with Crippen LogP contribution < -0.4 is 9.64 Å². The number of phenolic OH excluding ortho intramolecular Hbond substituents is 1. The zero-order chi connectivity index (χ0) is 19.9. The van der Waals surface area contributed by atoms with Crippen molar-refractivity contribution in [3.8, 4) is 11.5 Å². The van der Waals surface area contributed by atoms with Crippen LogP contribution in [0.3, 0.4) is 0 Å². The molecule has 28 heavy (non-hydrogen) atoms. The van der Waals surface area contributed by atoms with Gasteiger partial charge in [-0.25, -0.2) is 4.79 Å². The van der Waals surface area contributed by atoms with Gasteiger partial charge >= 0.3 is 5.97 Å². The van der Waals surface area contributed by atoms with Crippen molar-refractivity contribution in [2.75, 3.05) is 51.3 Å². The highest BCUT2D eigenvalue weighted by atomic mass is 16.5. The fourth-order valence-corrected chi connectivity index (χ4v) is 3.25. The van der Waals surface area contributed by atoms with Crippen LogP contribution in [0.2, 0.25) is 0 Å². The van der Waals surface area contributed by atoms with Crippen LogP contribution in [0.1, 0.15) is 10.4 Å². The van der Waals surface area contributed by atoms with Gasteiger partial charge in [0.05, 0.1) is 18.4 Å². The molecule has 0 saturated carbocycles. The number of carbonyl (C=O) groups excluding carboxylic acids is 1. The van der Waals surface area contributed by atoms with Gasteiger partial charge in [0.2, 0.25) is 0 Å². The molecule has 1 saturated heterocycles. The molecule has 1 heterocycles. The third-order valence-electron chi connectivity index (χ3n) is 4.78. The first-order valence-electron chi connectivity index (χ1n) is 9.31. The first kappa shape index (κ1) is 20.0. The number of para-hydroxylation sites is 2. The molecule has 150 valence electrons. The Hall–Kier alpha value is -2.77. The molecular weight excluding hydrogens is 360 g/mol. The van der Waals surface area contributed by atoms with Crippen LogP contribution in [0.15, 0.2) is 48.5 Å². The highest BCUT2D eigenvalue weighted by molar-refractivity contribution is 5.89. The standard InChI is InChI=1S/C21H26N2O5/c1-27-21(26)16-6-8-18(9-7-16)28-15-17(24)14-22-10-12-23(13-11-22)19-4-2-3-5-20(19)25/h2-9,17,24-25H,10-15H2,1H3. The second kappa shape index (κ2) is 9.43. The van der Waals surface area contributed by atoms with Gasteiger partial charge in [0.25, 0.3) is 0 Å². The Kier molecular flexibility index (Phi) is 6.73. The van der Waals surface area contributed by atoms with Gasteiger partial charge in [-0.2, -0.15) is 0 Å². The average Bonchev–Trinajstić information content (AvgIpc) is 2.73. The Bertz CT molecular complexity index is 773. The van der Waals surface area contributed by atoms with E-state index in [1.54, 1.807) is 30.3 Å². The Morgan fingerprint density at radius 1 is 1.07 bits per heavy atom. The molecule has 0 bridgehead atoms. The molecule has 7 nitrogen and oxygen atoms in total. The monoisotopic (exact) mass is 386 g/mol. The zero-order valence-corrected chi connectivity index (χ0v) is 16.0. The number of rotatable bonds is 7. The van der Waals surface area contributed by atoms with E-state index in [1.807, 2.05) is 18.2 Å². The summed E-state index contributed by atoms with van der Waals surface area (Å²) in [5.41, 5.74) is 1.30. The maximum absolute atomic E-state index is 11.4. The molecule has 0 aliphatic carbocycles. The number of methoxy groups -OCH3 is 1. The van der Waals surface area contributed by atoms with Crippen LogP contribution in [-0.2, 0) is 4.74 Å². The van der Waals surface area contributed by atoms with Crippen LogP contribution in [0, 0.1) is 0 Å². The molecule has 0 spiro atoms. The van der Waals surface area contributed by atoms with Crippen LogP contribution in [-0.4, -0.2) is 73.6 Å². The average molecular weight is 386 g/mol. The maximum atomic E-state index is 11.4. The molecule has 1 fully saturated rings. The molecule has 0 aromatic heterocycles. The van der Waals surface area contributed by atoms with Gasteiger partial charge in [0.1, 0.15) is 24.2 Å². The van der Waals surface area contributed by atoms with E-state index >= 15 is 0 Å². The van der Waals surface area contributed by atoms with Gasteiger partial charge in [-0.05, 0) is 36.4 Å². The number of esters is 1. The molecule has 1 aliphatic rings. The number of piperazine rings is 1. The first-order chi connectivity index (χ1) is 13.6. The van der Waals surface area contributed by atoms with Crippen molar-refractivity contribution in [1.29, 1.82) is 0 Å². The largest absolute Gasteiger partial charge is 0.506 e. The predicted octanol–water partition coefficient (Wildman–Crippen LogP) is 1.74. The van der Waals surface area contributed by atoms with E-state index in [4.69, 9.17) is 4.74 Å². The number of hydrogen-bond donors (Lipinski definition) is 2. The lowest BCUT2D eigenvalue weighted by Gasteiger charge is -2.37. The number of carbonyl (C=O) groups is 1. The van der Waals surface area contributed by atoms with Crippen molar-refractivity contribution < 1.29 is 24.5 Å². The van der Waals surface area contributed by atoms with Gasteiger partial charge in [-0.3, -0.25) is 4.90 Å². The molecule has 7 heteroatoms. The molecule has 0 radical (unpaired) electrons. The van der Waals surface area contributed by atoms with Gasteiger partial charge in [0.15, 0.2) is 0 Å². The Labute approximate surface area is 164 Å². The van der Waals surface area contributed by atoms with E-state index in [-0.39, 0.29) is 6.61 Å². The summed E-state index contributed by atoms with van der Waals surface area (Å²) in [4.78, 5) is 15.8. The summed E-state index contributed by atoms with van der Waals surface area (Å²) in [6.45, 7) is 3.89. The summed E-state index contributed by atoms with van der Waals surface area (Å²) < 4.78 is 10.3. The summed E-state index contributed by atoms with van der Waals surface area (Å²) in [5, 5.41) is 20.3. The highest BCUT2D eigenvalue weighted by Crippen LogP contribution is 2.27. The molecule has 1 atom stereocenters. The van der Waals surface area contributed by atoms with Crippen LogP contribution in [0.5, 0.6) is 11.5 Å². The molecule has 3 rings (SSSR count). The first-order valence-corrected chi connectivity index (χ1v) is 9.31. The summed E-state index contributed by atoms with van der Waals surface area (Å²) in [7, 11) is 1.34. The third kappa shape index (κ3) is 5.15. The normalized spacial score (nSPS) is 15.9. The molecule has 1 aliphatic heterocycles. The number of β-amino-alcohol motifs (C(OH)–C–C–N with tert-alkyl or cyclic N) is 1. The predicted molar refractivity (Wildman–Crippen MR) is 106 cm³/mol. The lowest BCUT2D eigenvalue weighted by Crippen LogP contribution is -2.49. The number of ether oxygens (including phenoxy) is 2. The molecule has 1 unspecified atom stereocenters. The summed E-state index contributed by atoms with van der Waals surface area (Å²) >= 11 is 0. The number of aliphatic hydroxyl groups is 1. The number of nitrogens with zero attached hydrogens (tertiary/aromatic N) is 2. The molecule has 2 N–H and O–H groups in total. The Morgan fingerprint density at radius 2 is 1.75 bits per heavy atom. The van der Waals surface area contributed by atoms with Crippen molar-refractivity contribution in [2.45, 2.75) is 6.10 Å². The van der Waals surface area contributed by atoms with Crippen LogP contribution >= 0.6 is 0 Å². The van der Waals surface area contributed by atoms with Gasteiger partial charge in [-0.1, -0.05) is 12.1 Å². The van der Waals surface area contributed by atoms with E-state index in [0.717, 1.165) is 31.9 Å². The van der Waals surface area contributed by atoms with E-state index < -0.39 is 12.1 Å². The topological polar surface area (TPSA) is 82.5 Å². The number of hydrogen-bond acceptors (Lipinski definition) is 7. The van der Waals surface area contributed by atoms with Crippen molar-refractivity contribution in [1.82, 2.24) is 4.90 Å².